The van der Waals surface area contributed by atoms with E-state index in [9.17, 15) is 62.6 Å². The van der Waals surface area contributed by atoms with Gasteiger partial charge in [0.1, 0.15) is 6.42 Å². The van der Waals surface area contributed by atoms with Crippen molar-refractivity contribution in [3.05, 3.63) is 62.6 Å². The average molecular weight is 625 g/mol. The molecule has 1 amide bonds. The minimum atomic E-state index is -5.68. The summed E-state index contributed by atoms with van der Waals surface area (Å²) in [6.45, 7) is -2.73. The summed E-state index contributed by atoms with van der Waals surface area (Å²) in [4.78, 5) is 11.3. The highest BCUT2D eigenvalue weighted by Gasteiger charge is 2.56. The van der Waals surface area contributed by atoms with Crippen LogP contribution in [0.1, 0.15) is 28.7 Å². The molecule has 2 aromatic carbocycles. The van der Waals surface area contributed by atoms with Gasteiger partial charge in [-0.25, -0.2) is 0 Å². The number of amides is 1. The molecule has 4 nitrogen and oxygen atoms in total. The first-order valence-electron chi connectivity index (χ1n) is 10.1. The van der Waals surface area contributed by atoms with Crippen LogP contribution < -0.4 is 10.6 Å². The van der Waals surface area contributed by atoms with Gasteiger partial charge in [-0.05, 0) is 35.4 Å². The van der Waals surface area contributed by atoms with Crippen LogP contribution in [0.2, 0.25) is 10.0 Å². The zero-order chi connectivity index (χ0) is 30.2. The number of anilines is 1. The van der Waals surface area contributed by atoms with Crippen molar-refractivity contribution in [2.45, 2.75) is 43.3 Å². The Morgan fingerprint density at radius 3 is 1.87 bits per heavy atom. The Hall–Kier alpha value is -2.59. The van der Waals surface area contributed by atoms with Crippen LogP contribution >= 0.6 is 23.2 Å². The van der Waals surface area contributed by atoms with Crippen LogP contribution in [0, 0.1) is 0 Å². The Bertz CT molecular complexity index is 1210. The molecule has 0 aliphatic heterocycles. The molecule has 2 aromatic rings. The predicted molar refractivity (Wildman–Crippen MR) is 114 cm³/mol. The molecule has 2 rings (SSSR count). The second-order valence-electron chi connectivity index (χ2n) is 7.97. The number of halogens is 14. The van der Waals surface area contributed by atoms with E-state index in [-0.39, 0.29) is 12.1 Å². The first-order valence-corrected chi connectivity index (χ1v) is 10.8. The van der Waals surface area contributed by atoms with E-state index in [1.807, 2.05) is 5.32 Å². The lowest BCUT2D eigenvalue weighted by Crippen LogP contribution is -2.48. The van der Waals surface area contributed by atoms with Crippen LogP contribution in [0.4, 0.5) is 58.4 Å². The molecule has 0 saturated carbocycles. The Labute approximate surface area is 220 Å². The van der Waals surface area contributed by atoms with Crippen LogP contribution in [0.25, 0.3) is 0 Å². The maximum Gasteiger partial charge on any atom is 0.423 e. The summed E-state index contributed by atoms with van der Waals surface area (Å²) < 4.78 is 158. The third kappa shape index (κ3) is 8.20. The van der Waals surface area contributed by atoms with Crippen LogP contribution in [0.15, 0.2) is 30.3 Å². The van der Waals surface area contributed by atoms with Gasteiger partial charge in [-0.2, -0.15) is 52.7 Å². The molecule has 0 heterocycles. The molecule has 0 aromatic heterocycles. The topological polar surface area (TPSA) is 61.4 Å². The molecule has 0 fully saturated rings. The van der Waals surface area contributed by atoms with Gasteiger partial charge in [-0.1, -0.05) is 29.3 Å². The zero-order valence-electron chi connectivity index (χ0n) is 18.7. The summed E-state index contributed by atoms with van der Waals surface area (Å²) in [5.41, 5.74) is -10.4. The van der Waals surface area contributed by atoms with E-state index in [2.05, 4.69) is 0 Å². The number of alkyl halides is 12. The van der Waals surface area contributed by atoms with E-state index in [0.717, 1.165) is 6.07 Å². The molecule has 0 bridgehead atoms. The van der Waals surface area contributed by atoms with Gasteiger partial charge in [0.2, 0.25) is 11.5 Å². The van der Waals surface area contributed by atoms with E-state index in [1.54, 1.807) is 5.32 Å². The minimum absolute atomic E-state index is 0.114. The molecule has 0 spiro atoms. The van der Waals surface area contributed by atoms with E-state index in [0.29, 0.717) is 12.1 Å². The summed E-state index contributed by atoms with van der Waals surface area (Å²) >= 11 is 10.9. The van der Waals surface area contributed by atoms with Crippen molar-refractivity contribution in [3.8, 4) is 0 Å². The zero-order valence-corrected chi connectivity index (χ0v) is 20.2. The van der Waals surface area contributed by atoms with Crippen LogP contribution in [-0.4, -0.2) is 29.9 Å². The summed E-state index contributed by atoms with van der Waals surface area (Å²) in [6, 6.07) is 1.80. The second kappa shape index (κ2) is 11.1. The first kappa shape index (κ1) is 32.6. The monoisotopic (exact) mass is 624 g/mol. The SMILES string of the molecule is O=C(CC(F)(F)F)NCc1ccc(NC[C@](O)(c2cc(Cl)c(Cl)c(C(F)(F)F)c2)C(F)(F)F)cc1C(F)(F)F. The van der Waals surface area contributed by atoms with Gasteiger partial charge in [-0.3, -0.25) is 4.79 Å². The quantitative estimate of drug-likeness (QED) is 0.280. The fourth-order valence-corrected chi connectivity index (χ4v) is 3.61. The smallest absolute Gasteiger partial charge is 0.381 e. The molecule has 18 heteroatoms. The van der Waals surface area contributed by atoms with Gasteiger partial charge >= 0.3 is 24.7 Å². The van der Waals surface area contributed by atoms with Crippen molar-refractivity contribution in [1.82, 2.24) is 5.32 Å². The number of carbonyl (C=O) groups is 1. The largest absolute Gasteiger partial charge is 0.423 e. The normalized spacial score (nSPS) is 14.6. The predicted octanol–water partition coefficient (Wildman–Crippen LogP) is 7.46. The molecule has 218 valence electrons. The minimum Gasteiger partial charge on any atom is -0.381 e. The van der Waals surface area contributed by atoms with Crippen molar-refractivity contribution < 1.29 is 62.6 Å². The van der Waals surface area contributed by atoms with Crippen molar-refractivity contribution in [2.24, 2.45) is 0 Å². The highest BCUT2D eigenvalue weighted by molar-refractivity contribution is 6.42. The molecular formula is C21H14Cl2F12N2O2. The molecule has 0 aliphatic rings. The van der Waals surface area contributed by atoms with Crippen molar-refractivity contribution in [3.63, 3.8) is 0 Å². The van der Waals surface area contributed by atoms with E-state index in [4.69, 9.17) is 23.2 Å². The van der Waals surface area contributed by atoms with Gasteiger partial charge in [0, 0.05) is 12.2 Å². The third-order valence-electron chi connectivity index (χ3n) is 5.08. The summed E-state index contributed by atoms with van der Waals surface area (Å²) in [7, 11) is 0. The number of hydrogen-bond donors (Lipinski definition) is 3. The maximum absolute atomic E-state index is 13.8. The number of rotatable bonds is 7. The third-order valence-corrected chi connectivity index (χ3v) is 5.88. The molecule has 3 N–H and O–H groups in total. The lowest BCUT2D eigenvalue weighted by atomic mass is 9.91. The Morgan fingerprint density at radius 2 is 1.38 bits per heavy atom. The van der Waals surface area contributed by atoms with Crippen LogP contribution in [-0.2, 0) is 29.3 Å². The standard InChI is InChI=1S/C21H14Cl2F12N2O2/c22-14-4-10(3-13(16(14)23)20(30,31)32)17(39,21(33,34)35)8-37-11-2-1-9(12(5-11)19(27,28)29)7-36-15(38)6-18(24,25)26/h1-5,37,39H,6-8H2,(H,36,38)/t17-/m0/s1. The summed E-state index contributed by atoms with van der Waals surface area (Å²) in [6.07, 6.45) is -23.1. The summed E-state index contributed by atoms with van der Waals surface area (Å²) in [5, 5.41) is 11.7. The van der Waals surface area contributed by atoms with E-state index in [1.165, 1.54) is 0 Å². The fourth-order valence-electron chi connectivity index (χ4n) is 3.17. The van der Waals surface area contributed by atoms with Crippen LogP contribution in [0.3, 0.4) is 0 Å². The Morgan fingerprint density at radius 1 is 0.821 bits per heavy atom. The van der Waals surface area contributed by atoms with Gasteiger partial charge in [-0.15, -0.1) is 0 Å². The van der Waals surface area contributed by atoms with Crippen LogP contribution in [0.5, 0.6) is 0 Å². The molecule has 39 heavy (non-hydrogen) atoms. The highest BCUT2D eigenvalue weighted by Crippen LogP contribution is 2.45. The van der Waals surface area contributed by atoms with E-state index < -0.39 is 93.7 Å². The van der Waals surface area contributed by atoms with Gasteiger partial charge < -0.3 is 15.7 Å². The molecular weight excluding hydrogens is 611 g/mol. The fraction of sp³-hybridized carbons (Fsp3) is 0.381. The lowest BCUT2D eigenvalue weighted by molar-refractivity contribution is -0.260. The highest BCUT2D eigenvalue weighted by atomic mass is 35.5. The van der Waals surface area contributed by atoms with Crippen molar-refractivity contribution in [1.29, 1.82) is 0 Å². The molecule has 0 radical (unpaired) electrons. The number of benzene rings is 2. The molecule has 0 saturated heterocycles. The van der Waals surface area contributed by atoms with Gasteiger partial charge in [0.05, 0.1) is 27.7 Å². The van der Waals surface area contributed by atoms with Crippen molar-refractivity contribution in [2.75, 3.05) is 11.9 Å². The number of nitrogens with one attached hydrogen (secondary N) is 2. The van der Waals surface area contributed by atoms with Crippen molar-refractivity contribution >= 4 is 34.8 Å². The van der Waals surface area contributed by atoms with Gasteiger partial charge in [0.15, 0.2) is 0 Å². The molecule has 0 aliphatic carbocycles. The maximum atomic E-state index is 13.8. The number of hydrogen-bond acceptors (Lipinski definition) is 3. The Kier molecular flexibility index (Phi) is 9.30. The lowest BCUT2D eigenvalue weighted by Gasteiger charge is -2.32. The second-order valence-corrected chi connectivity index (χ2v) is 8.75. The van der Waals surface area contributed by atoms with E-state index >= 15 is 0 Å². The van der Waals surface area contributed by atoms with Gasteiger partial charge in [0.25, 0.3) is 0 Å². The molecule has 0 unspecified atom stereocenters. The first-order chi connectivity index (χ1) is 17.5. The number of aliphatic hydroxyl groups is 1. The molecule has 1 atom stereocenters. The number of carbonyl (C=O) groups excluding carboxylic acids is 1. The summed E-state index contributed by atoms with van der Waals surface area (Å²) in [5.74, 6) is -1.65. The Balaban J connectivity index is 2.42. The average Bonchev–Trinajstić information content (AvgIpc) is 2.74.